The molecule has 1 aromatic heterocycles. The lowest BCUT2D eigenvalue weighted by Gasteiger charge is -2.35. The van der Waals surface area contributed by atoms with Crippen molar-refractivity contribution in [3.05, 3.63) is 71.9 Å². The first-order chi connectivity index (χ1) is 19.1. The van der Waals surface area contributed by atoms with Gasteiger partial charge in [0.25, 0.3) is 20.0 Å². The molecule has 4 rings (SSSR count). The Hall–Kier alpha value is -4.38. The molecule has 0 saturated heterocycles. The Morgan fingerprint density at radius 3 is 2.44 bits per heavy atom. The molecular weight excluding hydrogens is 593 g/mol. The van der Waals surface area contributed by atoms with E-state index in [2.05, 4.69) is 4.98 Å². The molecule has 3 N–H and O–H groups in total. The van der Waals surface area contributed by atoms with Crippen molar-refractivity contribution in [1.82, 2.24) is 9.71 Å². The van der Waals surface area contributed by atoms with Crippen molar-refractivity contribution in [1.29, 1.82) is 0 Å². The number of aromatic nitrogens is 1. The minimum absolute atomic E-state index is 0.0722. The van der Waals surface area contributed by atoms with Crippen molar-refractivity contribution in [2.75, 3.05) is 16.2 Å². The fourth-order valence-electron chi connectivity index (χ4n) is 3.93. The predicted molar refractivity (Wildman–Crippen MR) is 137 cm³/mol. The van der Waals surface area contributed by atoms with E-state index in [9.17, 15) is 39.6 Å². The Kier molecular flexibility index (Phi) is 7.86. The van der Waals surface area contributed by atoms with E-state index in [0.717, 1.165) is 18.2 Å². The zero-order valence-corrected chi connectivity index (χ0v) is 22.5. The first kappa shape index (κ1) is 29.6. The SMILES string of the molecule is Cc1cccc(S(=O)(=O)NC(=O)CC2CN(S(=O)(=O)c3cccc(C(F)(F)F)c3)c3cc(NC(=O)O)ccc3O2)n1. The maximum atomic E-state index is 13.6. The van der Waals surface area contributed by atoms with Crippen LogP contribution < -0.4 is 19.1 Å². The number of pyridine rings is 1. The number of anilines is 2. The monoisotopic (exact) mass is 614 g/mol. The van der Waals surface area contributed by atoms with Gasteiger partial charge in [0.15, 0.2) is 5.03 Å². The molecule has 2 heterocycles. The van der Waals surface area contributed by atoms with Gasteiger partial charge in [-0.1, -0.05) is 12.1 Å². The molecule has 1 aliphatic heterocycles. The van der Waals surface area contributed by atoms with Gasteiger partial charge in [0.05, 0.1) is 29.1 Å². The van der Waals surface area contributed by atoms with E-state index in [0.29, 0.717) is 22.1 Å². The van der Waals surface area contributed by atoms with Gasteiger partial charge in [0.1, 0.15) is 11.9 Å². The number of carbonyl (C=O) groups excluding carboxylic acids is 1. The standard InChI is InChI=1S/C24H21F3N4O8S2/c1-14-4-2-7-22(28-14)40(35,36)30-21(32)12-17-13-31(19-11-16(29-23(33)34)8-9-20(19)39-17)41(37,38)18-6-3-5-15(10-18)24(25,26)27/h2-11,17,29H,12-13H2,1H3,(H,30,32)(H,33,34). The van der Waals surface area contributed by atoms with Gasteiger partial charge in [-0.2, -0.15) is 21.6 Å². The summed E-state index contributed by atoms with van der Waals surface area (Å²) in [6, 6.07) is 10.7. The van der Waals surface area contributed by atoms with Gasteiger partial charge >= 0.3 is 12.3 Å². The molecule has 3 aromatic rings. The number of hydrogen-bond donors (Lipinski definition) is 3. The minimum Gasteiger partial charge on any atom is -0.486 e. The number of nitrogens with zero attached hydrogens (tertiary/aromatic N) is 2. The quantitative estimate of drug-likeness (QED) is 0.361. The predicted octanol–water partition coefficient (Wildman–Crippen LogP) is 3.35. The highest BCUT2D eigenvalue weighted by Gasteiger charge is 2.38. The highest BCUT2D eigenvalue weighted by atomic mass is 32.2. The molecule has 0 aliphatic carbocycles. The van der Waals surface area contributed by atoms with E-state index in [4.69, 9.17) is 9.84 Å². The number of fused-ring (bicyclic) bond motifs is 1. The number of rotatable bonds is 7. The number of benzene rings is 2. The maximum absolute atomic E-state index is 13.6. The van der Waals surface area contributed by atoms with Crippen molar-refractivity contribution in [3.8, 4) is 5.75 Å². The summed E-state index contributed by atoms with van der Waals surface area (Å²) >= 11 is 0. The van der Waals surface area contributed by atoms with Gasteiger partial charge in [-0.25, -0.2) is 22.9 Å². The Bertz CT molecular complexity index is 1730. The van der Waals surface area contributed by atoms with Crippen molar-refractivity contribution < 1.29 is 49.4 Å². The van der Waals surface area contributed by atoms with E-state index in [1.165, 1.54) is 24.3 Å². The smallest absolute Gasteiger partial charge is 0.416 e. The van der Waals surface area contributed by atoms with Crippen LogP contribution in [-0.2, 0) is 31.0 Å². The zero-order chi connectivity index (χ0) is 30.2. The second-order valence-electron chi connectivity index (χ2n) is 8.76. The topological polar surface area (TPSA) is 172 Å². The Balaban J connectivity index is 1.67. The number of carbonyl (C=O) groups is 2. The number of ether oxygens (including phenoxy) is 1. The molecule has 0 spiro atoms. The van der Waals surface area contributed by atoms with Gasteiger partial charge < -0.3 is 9.84 Å². The van der Waals surface area contributed by atoms with Crippen LogP contribution in [0.15, 0.2) is 70.6 Å². The summed E-state index contributed by atoms with van der Waals surface area (Å²) in [5.74, 6) is -1.22. The Morgan fingerprint density at radius 2 is 1.78 bits per heavy atom. The van der Waals surface area contributed by atoms with E-state index in [-0.39, 0.29) is 17.1 Å². The molecule has 12 nitrogen and oxygen atoms in total. The number of alkyl halides is 3. The van der Waals surface area contributed by atoms with Crippen LogP contribution in [0.3, 0.4) is 0 Å². The van der Waals surface area contributed by atoms with E-state index in [1.54, 1.807) is 13.0 Å². The molecule has 0 fully saturated rings. The average Bonchev–Trinajstić information content (AvgIpc) is 2.87. The summed E-state index contributed by atoms with van der Waals surface area (Å²) < 4.78 is 101. The summed E-state index contributed by atoms with van der Waals surface area (Å²) in [6.45, 7) is 0.920. The molecule has 0 bridgehead atoms. The largest absolute Gasteiger partial charge is 0.486 e. The van der Waals surface area contributed by atoms with Gasteiger partial charge in [-0.15, -0.1) is 0 Å². The normalized spacial score (nSPS) is 15.4. The molecule has 218 valence electrons. The molecule has 2 amide bonds. The average molecular weight is 615 g/mol. The Labute approximate surface area is 231 Å². The lowest BCUT2D eigenvalue weighted by atomic mass is 10.1. The molecular formula is C24H21F3N4O8S2. The highest BCUT2D eigenvalue weighted by Crippen LogP contribution is 2.40. The fraction of sp³-hybridized carbons (Fsp3) is 0.208. The lowest BCUT2D eigenvalue weighted by molar-refractivity contribution is -0.137. The van der Waals surface area contributed by atoms with Crippen LogP contribution in [0.1, 0.15) is 17.7 Å². The second-order valence-corrected chi connectivity index (χ2v) is 12.3. The number of sulfonamides is 2. The van der Waals surface area contributed by atoms with E-state index >= 15 is 0 Å². The number of nitrogens with one attached hydrogen (secondary N) is 2. The summed E-state index contributed by atoms with van der Waals surface area (Å²) in [5.41, 5.74) is -1.14. The summed E-state index contributed by atoms with van der Waals surface area (Å²) in [4.78, 5) is 26.9. The van der Waals surface area contributed by atoms with Gasteiger partial charge in [-0.05, 0) is 55.5 Å². The molecule has 0 radical (unpaired) electrons. The van der Waals surface area contributed by atoms with Crippen LogP contribution in [0.25, 0.3) is 0 Å². The first-order valence-corrected chi connectivity index (χ1v) is 14.5. The Morgan fingerprint density at radius 1 is 1.07 bits per heavy atom. The number of amides is 2. The highest BCUT2D eigenvalue weighted by molar-refractivity contribution is 7.92. The third-order valence-corrected chi connectivity index (χ3v) is 8.74. The van der Waals surface area contributed by atoms with Crippen LogP contribution in [0.4, 0.5) is 29.3 Å². The van der Waals surface area contributed by atoms with E-state index < -0.39 is 72.8 Å². The van der Waals surface area contributed by atoms with Gasteiger partial charge in [0, 0.05) is 11.4 Å². The van der Waals surface area contributed by atoms with Gasteiger partial charge in [-0.3, -0.25) is 14.4 Å². The third-order valence-electron chi connectivity index (χ3n) is 5.69. The van der Waals surface area contributed by atoms with Crippen molar-refractivity contribution >= 4 is 43.4 Å². The van der Waals surface area contributed by atoms with Crippen molar-refractivity contribution in [2.45, 2.75) is 35.5 Å². The minimum atomic E-state index is -4.84. The van der Waals surface area contributed by atoms with Crippen LogP contribution >= 0.6 is 0 Å². The number of carboxylic acid groups (broad SMARTS) is 1. The molecule has 17 heteroatoms. The molecule has 1 unspecified atom stereocenters. The number of halogens is 3. The number of hydrogen-bond acceptors (Lipinski definition) is 8. The van der Waals surface area contributed by atoms with Crippen LogP contribution in [0.2, 0.25) is 0 Å². The zero-order valence-electron chi connectivity index (χ0n) is 20.9. The fourth-order valence-corrected chi connectivity index (χ4v) is 6.48. The van der Waals surface area contributed by atoms with Crippen LogP contribution in [0, 0.1) is 6.92 Å². The third kappa shape index (κ3) is 6.68. The van der Waals surface area contributed by atoms with Crippen molar-refractivity contribution in [2.24, 2.45) is 0 Å². The summed E-state index contributed by atoms with van der Waals surface area (Å²) in [5, 5.41) is 10.6. The molecule has 0 saturated carbocycles. The van der Waals surface area contributed by atoms with Crippen LogP contribution in [-0.4, -0.2) is 51.6 Å². The summed E-state index contributed by atoms with van der Waals surface area (Å²) in [6.07, 6.45) is -8.27. The molecule has 41 heavy (non-hydrogen) atoms. The second kappa shape index (κ2) is 10.9. The van der Waals surface area contributed by atoms with Crippen LogP contribution in [0.5, 0.6) is 5.75 Å². The maximum Gasteiger partial charge on any atom is 0.416 e. The molecule has 2 aromatic carbocycles. The van der Waals surface area contributed by atoms with Crippen molar-refractivity contribution in [3.63, 3.8) is 0 Å². The van der Waals surface area contributed by atoms with Gasteiger partial charge in [0.2, 0.25) is 5.91 Å². The van der Waals surface area contributed by atoms with E-state index in [1.807, 2.05) is 10.0 Å². The lowest BCUT2D eigenvalue weighted by Crippen LogP contribution is -2.46. The number of aryl methyl sites for hydroxylation is 1. The summed E-state index contributed by atoms with van der Waals surface area (Å²) in [7, 11) is -9.12. The first-order valence-electron chi connectivity index (χ1n) is 11.6. The molecule has 1 aliphatic rings. The molecule has 1 atom stereocenters.